The van der Waals surface area contributed by atoms with Gasteiger partial charge in [0.1, 0.15) is 6.04 Å². The minimum Gasteiger partial charge on any atom is -0.493 e. The number of fused-ring (bicyclic) bond motifs is 1. The molecule has 0 bridgehead atoms. The van der Waals surface area contributed by atoms with Crippen molar-refractivity contribution in [1.82, 2.24) is 10.6 Å². The van der Waals surface area contributed by atoms with Crippen molar-refractivity contribution in [3.8, 4) is 5.75 Å². The minimum atomic E-state index is -0.736. The maximum atomic E-state index is 12.2. The molecule has 7 heteroatoms. The van der Waals surface area contributed by atoms with Gasteiger partial charge in [-0.15, -0.1) is 0 Å². The molecule has 2 aromatic rings. The number of hydrogen-bond acceptors (Lipinski definition) is 5. The maximum Gasteiger partial charge on any atom is 0.287 e. The third-order valence-electron chi connectivity index (χ3n) is 3.50. The van der Waals surface area contributed by atoms with Crippen LogP contribution in [-0.2, 0) is 9.59 Å². The molecule has 1 atom stereocenters. The summed E-state index contributed by atoms with van der Waals surface area (Å²) in [6.45, 7) is 0. The largest absolute Gasteiger partial charge is 0.493 e. The van der Waals surface area contributed by atoms with Gasteiger partial charge in [-0.1, -0.05) is 12.1 Å². The van der Waals surface area contributed by atoms with Crippen molar-refractivity contribution in [1.29, 1.82) is 0 Å². The number of furan rings is 1. The smallest absolute Gasteiger partial charge is 0.287 e. The molecule has 0 spiro atoms. The normalized spacial score (nSPS) is 18.1. The lowest BCUT2D eigenvalue weighted by molar-refractivity contribution is -0.134. The highest BCUT2D eigenvalue weighted by Gasteiger charge is 2.29. The SMILES string of the molecule is COc1cccc2cc(C(=O)NC3CCC(=O)NC3=O)oc12. The van der Waals surface area contributed by atoms with Crippen molar-refractivity contribution in [2.75, 3.05) is 7.11 Å². The van der Waals surface area contributed by atoms with Gasteiger partial charge >= 0.3 is 0 Å². The molecule has 1 aromatic carbocycles. The lowest BCUT2D eigenvalue weighted by atomic mass is 10.1. The highest BCUT2D eigenvalue weighted by Crippen LogP contribution is 2.28. The molecular weight excluding hydrogens is 288 g/mol. The van der Waals surface area contributed by atoms with E-state index < -0.39 is 17.9 Å². The molecule has 0 saturated carbocycles. The first-order valence-corrected chi connectivity index (χ1v) is 6.79. The van der Waals surface area contributed by atoms with E-state index in [0.29, 0.717) is 11.3 Å². The fourth-order valence-corrected chi connectivity index (χ4v) is 2.37. The van der Waals surface area contributed by atoms with Crippen molar-refractivity contribution in [3.63, 3.8) is 0 Å². The number of methoxy groups -OCH3 is 1. The van der Waals surface area contributed by atoms with Gasteiger partial charge in [0, 0.05) is 11.8 Å². The summed E-state index contributed by atoms with van der Waals surface area (Å²) in [5.41, 5.74) is 0.471. The van der Waals surface area contributed by atoms with Crippen LogP contribution < -0.4 is 15.4 Å². The van der Waals surface area contributed by atoms with E-state index in [0.717, 1.165) is 5.39 Å². The summed E-state index contributed by atoms with van der Waals surface area (Å²) in [6, 6.07) is 6.16. The first-order chi connectivity index (χ1) is 10.6. The zero-order chi connectivity index (χ0) is 15.7. The van der Waals surface area contributed by atoms with Crippen LogP contribution >= 0.6 is 0 Å². The fraction of sp³-hybridized carbons (Fsp3) is 0.267. The molecule has 3 amide bonds. The molecule has 1 aromatic heterocycles. The predicted molar refractivity (Wildman–Crippen MR) is 76.4 cm³/mol. The predicted octanol–water partition coefficient (Wildman–Crippen LogP) is 0.976. The molecule has 1 aliphatic rings. The van der Waals surface area contributed by atoms with Crippen LogP contribution in [0.5, 0.6) is 5.75 Å². The Balaban J connectivity index is 1.80. The second kappa shape index (κ2) is 5.51. The molecular formula is C15H14N2O5. The van der Waals surface area contributed by atoms with Crippen LogP contribution in [0.3, 0.4) is 0 Å². The second-order valence-corrected chi connectivity index (χ2v) is 4.97. The van der Waals surface area contributed by atoms with Gasteiger partial charge < -0.3 is 14.5 Å². The quantitative estimate of drug-likeness (QED) is 0.824. The number of hydrogen-bond donors (Lipinski definition) is 2. The molecule has 2 N–H and O–H groups in total. The maximum absolute atomic E-state index is 12.2. The molecule has 0 aliphatic carbocycles. The Morgan fingerprint density at radius 3 is 2.95 bits per heavy atom. The van der Waals surface area contributed by atoms with E-state index in [9.17, 15) is 14.4 Å². The molecule has 7 nitrogen and oxygen atoms in total. The van der Waals surface area contributed by atoms with Gasteiger partial charge in [-0.05, 0) is 18.6 Å². The number of rotatable bonds is 3. The molecule has 1 fully saturated rings. The summed E-state index contributed by atoms with van der Waals surface area (Å²) in [5.74, 6) is -0.725. The van der Waals surface area contributed by atoms with Gasteiger partial charge in [0.15, 0.2) is 17.1 Å². The molecule has 22 heavy (non-hydrogen) atoms. The van der Waals surface area contributed by atoms with E-state index in [1.165, 1.54) is 7.11 Å². The molecule has 1 saturated heterocycles. The number of carbonyl (C=O) groups excluding carboxylic acids is 3. The summed E-state index contributed by atoms with van der Waals surface area (Å²) >= 11 is 0. The van der Waals surface area contributed by atoms with Gasteiger partial charge in [-0.3, -0.25) is 19.7 Å². The Bertz CT molecular complexity index is 764. The Morgan fingerprint density at radius 1 is 1.41 bits per heavy atom. The molecule has 1 aliphatic heterocycles. The van der Waals surface area contributed by atoms with E-state index in [-0.39, 0.29) is 24.5 Å². The number of piperidine rings is 1. The van der Waals surface area contributed by atoms with Crippen LogP contribution in [0.2, 0.25) is 0 Å². The van der Waals surface area contributed by atoms with E-state index in [1.807, 2.05) is 0 Å². The summed E-state index contributed by atoms with van der Waals surface area (Å²) in [6.07, 6.45) is 0.477. The highest BCUT2D eigenvalue weighted by atomic mass is 16.5. The summed E-state index contributed by atoms with van der Waals surface area (Å²) in [7, 11) is 1.51. The number of amides is 3. The Morgan fingerprint density at radius 2 is 2.23 bits per heavy atom. The number of para-hydroxylation sites is 1. The highest BCUT2D eigenvalue weighted by molar-refractivity contribution is 6.04. The first kappa shape index (κ1) is 14.1. The summed E-state index contributed by atoms with van der Waals surface area (Å²) in [5, 5.41) is 5.48. The van der Waals surface area contributed by atoms with Crippen LogP contribution in [0.1, 0.15) is 23.4 Å². The lowest BCUT2D eigenvalue weighted by Gasteiger charge is -2.21. The van der Waals surface area contributed by atoms with Crippen LogP contribution in [0.4, 0.5) is 0 Å². The Hall–Kier alpha value is -2.83. The summed E-state index contributed by atoms with van der Waals surface area (Å²) < 4.78 is 10.7. The van der Waals surface area contributed by atoms with Gasteiger partial charge in [0.25, 0.3) is 5.91 Å². The topological polar surface area (TPSA) is 97.6 Å². The molecule has 2 heterocycles. The van der Waals surface area contributed by atoms with Gasteiger partial charge in [0.2, 0.25) is 11.8 Å². The van der Waals surface area contributed by atoms with Crippen molar-refractivity contribution in [2.24, 2.45) is 0 Å². The van der Waals surface area contributed by atoms with Crippen molar-refractivity contribution < 1.29 is 23.5 Å². The van der Waals surface area contributed by atoms with E-state index in [1.54, 1.807) is 24.3 Å². The number of nitrogens with one attached hydrogen (secondary N) is 2. The zero-order valence-corrected chi connectivity index (χ0v) is 11.8. The summed E-state index contributed by atoms with van der Waals surface area (Å²) in [4.78, 5) is 34.9. The minimum absolute atomic E-state index is 0.0872. The van der Waals surface area contributed by atoms with Gasteiger partial charge in [-0.2, -0.15) is 0 Å². The van der Waals surface area contributed by atoms with Gasteiger partial charge in [0.05, 0.1) is 7.11 Å². The van der Waals surface area contributed by atoms with E-state index >= 15 is 0 Å². The number of carbonyl (C=O) groups is 3. The van der Waals surface area contributed by atoms with Crippen molar-refractivity contribution in [3.05, 3.63) is 30.0 Å². The van der Waals surface area contributed by atoms with E-state index in [4.69, 9.17) is 9.15 Å². The third kappa shape index (κ3) is 2.52. The van der Waals surface area contributed by atoms with Crippen LogP contribution in [0, 0.1) is 0 Å². The fourth-order valence-electron chi connectivity index (χ4n) is 2.37. The molecule has 114 valence electrons. The molecule has 3 rings (SSSR count). The Labute approximate surface area is 125 Å². The van der Waals surface area contributed by atoms with Crippen LogP contribution in [0.15, 0.2) is 28.7 Å². The average Bonchev–Trinajstić information content (AvgIpc) is 2.94. The molecule has 1 unspecified atom stereocenters. The molecule has 0 radical (unpaired) electrons. The van der Waals surface area contributed by atoms with Crippen LogP contribution in [0.25, 0.3) is 11.0 Å². The van der Waals surface area contributed by atoms with Crippen molar-refractivity contribution >= 4 is 28.7 Å². The Kier molecular flexibility index (Phi) is 3.54. The average molecular weight is 302 g/mol. The zero-order valence-electron chi connectivity index (χ0n) is 11.8. The monoisotopic (exact) mass is 302 g/mol. The number of benzene rings is 1. The van der Waals surface area contributed by atoms with Gasteiger partial charge in [-0.25, -0.2) is 0 Å². The van der Waals surface area contributed by atoms with Crippen LogP contribution in [-0.4, -0.2) is 30.9 Å². The lowest BCUT2D eigenvalue weighted by Crippen LogP contribution is -2.52. The standard InChI is InChI=1S/C15H14N2O5/c1-21-10-4-2-3-8-7-11(22-13(8)10)15(20)16-9-5-6-12(18)17-14(9)19/h2-4,7,9H,5-6H2,1H3,(H,16,20)(H,17,18,19). The van der Waals surface area contributed by atoms with Crippen molar-refractivity contribution in [2.45, 2.75) is 18.9 Å². The van der Waals surface area contributed by atoms with E-state index in [2.05, 4.69) is 10.6 Å². The number of imide groups is 1. The first-order valence-electron chi connectivity index (χ1n) is 6.79. The third-order valence-corrected chi connectivity index (χ3v) is 3.50. The number of ether oxygens (including phenoxy) is 1. The second-order valence-electron chi connectivity index (χ2n) is 4.97.